The Bertz CT molecular complexity index is 788. The molecule has 0 aliphatic rings. The average Bonchev–Trinajstić information content (AvgIpc) is 2.72. The van der Waals surface area contributed by atoms with Gasteiger partial charge in [0.2, 0.25) is 0 Å². The van der Waals surface area contributed by atoms with Gasteiger partial charge in [0.1, 0.15) is 0 Å². The van der Waals surface area contributed by atoms with E-state index < -0.39 is 18.1 Å². The van der Waals surface area contributed by atoms with Crippen molar-refractivity contribution in [2.75, 3.05) is 14.2 Å². The first-order valence-corrected chi connectivity index (χ1v) is 8.53. The van der Waals surface area contributed by atoms with Crippen LogP contribution >= 0.6 is 0 Å². The van der Waals surface area contributed by atoms with E-state index in [1.54, 1.807) is 6.92 Å². The number of hydrogen-bond acceptors (Lipinski definition) is 5. The number of ether oxygens (including phenoxy) is 2. The highest BCUT2D eigenvalue weighted by Gasteiger charge is 2.28. The lowest BCUT2D eigenvalue weighted by molar-refractivity contribution is -0.136. The molecule has 1 atom stereocenters. The molecule has 1 amide bonds. The number of carbonyl (C=O) groups excluding carboxylic acids is 2. The summed E-state index contributed by atoms with van der Waals surface area (Å²) in [6.07, 6.45) is -0.638. The Morgan fingerprint density at radius 2 is 1.52 bits per heavy atom. The van der Waals surface area contributed by atoms with E-state index in [1.165, 1.54) is 14.2 Å². The maximum absolute atomic E-state index is 12.5. The van der Waals surface area contributed by atoms with Gasteiger partial charge in [-0.2, -0.15) is 0 Å². The third kappa shape index (κ3) is 5.60. The first kappa shape index (κ1) is 20.0. The minimum Gasteiger partial charge on any atom is -0.466 e. The van der Waals surface area contributed by atoms with E-state index in [1.807, 2.05) is 60.7 Å². The molecule has 0 aliphatic carbocycles. The van der Waals surface area contributed by atoms with Crippen LogP contribution in [0.2, 0.25) is 0 Å². The summed E-state index contributed by atoms with van der Waals surface area (Å²) in [6.45, 7) is 2.32. The van der Waals surface area contributed by atoms with Crippen LogP contribution < -0.4 is 10.6 Å². The number of rotatable bonds is 7. The fourth-order valence-corrected chi connectivity index (χ4v) is 2.67. The van der Waals surface area contributed by atoms with Crippen LogP contribution in [-0.4, -0.2) is 26.3 Å². The van der Waals surface area contributed by atoms with Gasteiger partial charge in [-0.3, -0.25) is 0 Å². The fourth-order valence-electron chi connectivity index (χ4n) is 2.67. The smallest absolute Gasteiger partial charge is 0.407 e. The summed E-state index contributed by atoms with van der Waals surface area (Å²) >= 11 is 0. The van der Waals surface area contributed by atoms with Crippen LogP contribution in [0.5, 0.6) is 0 Å². The SMILES string of the molecule is COC(=O)NC(/C(C(=O)OC)=C(\C)NCc1ccccc1)c1ccccc1. The number of hydrogen-bond donors (Lipinski definition) is 2. The third-order valence-corrected chi connectivity index (χ3v) is 4.08. The number of benzene rings is 2. The molecule has 142 valence electrons. The van der Waals surface area contributed by atoms with E-state index in [0.29, 0.717) is 17.8 Å². The zero-order chi connectivity index (χ0) is 19.6. The van der Waals surface area contributed by atoms with Gasteiger partial charge in [0.15, 0.2) is 0 Å². The van der Waals surface area contributed by atoms with Crippen molar-refractivity contribution in [3.8, 4) is 0 Å². The van der Waals surface area contributed by atoms with Crippen molar-refractivity contribution in [2.24, 2.45) is 0 Å². The summed E-state index contributed by atoms with van der Waals surface area (Å²) in [5, 5.41) is 5.96. The minimum atomic E-state index is -0.714. The molecule has 0 fully saturated rings. The highest BCUT2D eigenvalue weighted by atomic mass is 16.5. The van der Waals surface area contributed by atoms with Crippen LogP contribution in [0.1, 0.15) is 24.1 Å². The molecular weight excluding hydrogens is 344 g/mol. The standard InChI is InChI=1S/C21H24N2O4/c1-15(22-14-16-10-6-4-7-11-16)18(20(24)26-2)19(23-21(25)27-3)17-12-8-5-9-13-17/h4-13,19,22H,14H2,1-3H3,(H,23,25)/b18-15-. The summed E-state index contributed by atoms with van der Waals surface area (Å²) < 4.78 is 9.70. The normalized spacial score (nSPS) is 12.4. The molecule has 2 aromatic carbocycles. The van der Waals surface area contributed by atoms with Gasteiger partial charge in [-0.05, 0) is 18.1 Å². The third-order valence-electron chi connectivity index (χ3n) is 4.08. The van der Waals surface area contributed by atoms with E-state index in [9.17, 15) is 9.59 Å². The first-order valence-electron chi connectivity index (χ1n) is 8.53. The van der Waals surface area contributed by atoms with Crippen molar-refractivity contribution in [2.45, 2.75) is 19.5 Å². The van der Waals surface area contributed by atoms with Gasteiger partial charge >= 0.3 is 12.1 Å². The van der Waals surface area contributed by atoms with E-state index in [2.05, 4.69) is 10.6 Å². The summed E-state index contributed by atoms with van der Waals surface area (Å²) in [5.74, 6) is -0.529. The molecule has 0 spiro atoms. The molecule has 2 N–H and O–H groups in total. The lowest BCUT2D eigenvalue weighted by Gasteiger charge is -2.23. The molecular formula is C21H24N2O4. The number of amides is 1. The Morgan fingerprint density at radius 3 is 2.07 bits per heavy atom. The average molecular weight is 368 g/mol. The topological polar surface area (TPSA) is 76.7 Å². The Kier molecular flexibility index (Phi) is 7.43. The van der Waals surface area contributed by atoms with Crippen LogP contribution in [0.3, 0.4) is 0 Å². The van der Waals surface area contributed by atoms with Gasteiger partial charge < -0.3 is 20.1 Å². The second-order valence-electron chi connectivity index (χ2n) is 5.85. The number of nitrogens with one attached hydrogen (secondary N) is 2. The number of carbonyl (C=O) groups is 2. The van der Waals surface area contributed by atoms with Gasteiger partial charge in [-0.1, -0.05) is 60.7 Å². The molecule has 0 aromatic heterocycles. The number of alkyl carbamates (subject to hydrolysis) is 1. The maximum atomic E-state index is 12.5. The van der Waals surface area contributed by atoms with Crippen molar-refractivity contribution in [1.29, 1.82) is 0 Å². The molecule has 0 saturated carbocycles. The second-order valence-corrected chi connectivity index (χ2v) is 5.85. The molecule has 0 aliphatic heterocycles. The van der Waals surface area contributed by atoms with E-state index in [4.69, 9.17) is 9.47 Å². The highest BCUT2D eigenvalue weighted by Crippen LogP contribution is 2.25. The Hall–Kier alpha value is -3.28. The largest absolute Gasteiger partial charge is 0.466 e. The minimum absolute atomic E-state index is 0.310. The summed E-state index contributed by atoms with van der Waals surface area (Å²) in [5.41, 5.74) is 2.73. The molecule has 2 aromatic rings. The number of allylic oxidation sites excluding steroid dienone is 1. The zero-order valence-electron chi connectivity index (χ0n) is 15.7. The molecule has 0 heterocycles. The molecule has 27 heavy (non-hydrogen) atoms. The van der Waals surface area contributed by atoms with Gasteiger partial charge in [0.25, 0.3) is 0 Å². The number of methoxy groups -OCH3 is 2. The highest BCUT2D eigenvalue weighted by molar-refractivity contribution is 5.91. The van der Waals surface area contributed by atoms with Crippen molar-refractivity contribution < 1.29 is 19.1 Å². The van der Waals surface area contributed by atoms with Crippen LogP contribution in [0.25, 0.3) is 0 Å². The molecule has 0 bridgehead atoms. The van der Waals surface area contributed by atoms with Crippen molar-refractivity contribution in [3.63, 3.8) is 0 Å². The zero-order valence-corrected chi connectivity index (χ0v) is 15.7. The van der Waals surface area contributed by atoms with Crippen LogP contribution in [0, 0.1) is 0 Å². The van der Waals surface area contributed by atoms with E-state index in [0.717, 1.165) is 11.1 Å². The molecule has 6 nitrogen and oxygen atoms in total. The van der Waals surface area contributed by atoms with Crippen molar-refractivity contribution >= 4 is 12.1 Å². The van der Waals surface area contributed by atoms with Gasteiger partial charge in [-0.25, -0.2) is 9.59 Å². The molecule has 1 unspecified atom stereocenters. The molecule has 2 rings (SSSR count). The Labute approximate surface area is 159 Å². The van der Waals surface area contributed by atoms with Crippen LogP contribution in [-0.2, 0) is 20.8 Å². The van der Waals surface area contributed by atoms with Crippen LogP contribution in [0.15, 0.2) is 71.9 Å². The van der Waals surface area contributed by atoms with Crippen molar-refractivity contribution in [3.05, 3.63) is 83.1 Å². The second kappa shape index (κ2) is 10.0. The lowest BCUT2D eigenvalue weighted by Crippen LogP contribution is -2.34. The first-order chi connectivity index (χ1) is 13.1. The monoisotopic (exact) mass is 368 g/mol. The Morgan fingerprint density at radius 1 is 0.926 bits per heavy atom. The quantitative estimate of drug-likeness (QED) is 0.579. The lowest BCUT2D eigenvalue weighted by atomic mass is 9.97. The summed E-state index contributed by atoms with van der Waals surface area (Å²) in [7, 11) is 2.59. The summed E-state index contributed by atoms with van der Waals surface area (Å²) in [6, 6.07) is 18.3. The van der Waals surface area contributed by atoms with Crippen LogP contribution in [0.4, 0.5) is 4.79 Å². The Balaban J connectivity index is 2.39. The summed E-state index contributed by atoms with van der Waals surface area (Å²) in [4.78, 5) is 24.4. The van der Waals surface area contributed by atoms with Gasteiger partial charge in [-0.15, -0.1) is 0 Å². The number of esters is 1. The molecule has 0 radical (unpaired) electrons. The van der Waals surface area contributed by atoms with E-state index in [-0.39, 0.29) is 0 Å². The molecule has 0 saturated heterocycles. The predicted octanol–water partition coefficient (Wildman–Crippen LogP) is 3.32. The van der Waals surface area contributed by atoms with E-state index >= 15 is 0 Å². The predicted molar refractivity (Wildman–Crippen MR) is 103 cm³/mol. The molecule has 6 heteroatoms. The maximum Gasteiger partial charge on any atom is 0.407 e. The van der Waals surface area contributed by atoms with Gasteiger partial charge in [0, 0.05) is 12.2 Å². The van der Waals surface area contributed by atoms with Crippen molar-refractivity contribution in [1.82, 2.24) is 10.6 Å². The van der Waals surface area contributed by atoms with Gasteiger partial charge in [0.05, 0.1) is 25.8 Å². The fraction of sp³-hybridized carbons (Fsp3) is 0.238.